The van der Waals surface area contributed by atoms with Crippen LogP contribution < -0.4 is 11.3 Å². The zero-order valence-electron chi connectivity index (χ0n) is 9.77. The fraction of sp³-hybridized carbons (Fsp3) is 0.700. The molecule has 0 aliphatic rings. The molecule has 1 atom stereocenters. The van der Waals surface area contributed by atoms with Crippen LogP contribution in [-0.2, 0) is 11.3 Å². The minimum atomic E-state index is -2.43. The molecule has 0 aliphatic carbocycles. The van der Waals surface area contributed by atoms with Gasteiger partial charge in [0.2, 0.25) is 0 Å². The van der Waals surface area contributed by atoms with Gasteiger partial charge in [0.25, 0.3) is 6.43 Å². The zero-order chi connectivity index (χ0) is 12.7. The number of aromatic nitrogens is 2. The van der Waals surface area contributed by atoms with Crippen LogP contribution in [0.25, 0.3) is 0 Å². The standard InChI is InChI=1S/C10H18F2N4O/c1-2-16-9(3-5-14-16)8(15-13)4-6-17-7-10(11)12/h3,5,8,10,15H,2,4,6-7,13H2,1H3. The van der Waals surface area contributed by atoms with Crippen LogP contribution in [0.2, 0.25) is 0 Å². The Bertz CT molecular complexity index is 319. The zero-order valence-corrected chi connectivity index (χ0v) is 9.77. The summed E-state index contributed by atoms with van der Waals surface area (Å²) in [7, 11) is 0. The third kappa shape index (κ3) is 4.37. The van der Waals surface area contributed by atoms with Crippen molar-refractivity contribution in [3.8, 4) is 0 Å². The first-order chi connectivity index (χ1) is 8.19. The number of hydrogen-bond acceptors (Lipinski definition) is 4. The highest BCUT2D eigenvalue weighted by atomic mass is 19.3. The second-order valence-electron chi connectivity index (χ2n) is 3.55. The summed E-state index contributed by atoms with van der Waals surface area (Å²) < 4.78 is 30.3. The van der Waals surface area contributed by atoms with E-state index in [-0.39, 0.29) is 12.6 Å². The highest BCUT2D eigenvalue weighted by molar-refractivity contribution is 5.06. The van der Waals surface area contributed by atoms with E-state index in [4.69, 9.17) is 10.6 Å². The van der Waals surface area contributed by atoms with Gasteiger partial charge >= 0.3 is 0 Å². The van der Waals surface area contributed by atoms with Crippen LogP contribution >= 0.6 is 0 Å². The molecule has 1 aromatic heterocycles. The number of aryl methyl sites for hydroxylation is 1. The molecule has 5 nitrogen and oxygen atoms in total. The van der Waals surface area contributed by atoms with Crippen LogP contribution in [0.15, 0.2) is 12.3 Å². The molecular formula is C10H18F2N4O. The highest BCUT2D eigenvalue weighted by Gasteiger charge is 2.14. The van der Waals surface area contributed by atoms with Gasteiger partial charge in [0.1, 0.15) is 6.61 Å². The van der Waals surface area contributed by atoms with Crippen molar-refractivity contribution in [2.45, 2.75) is 32.4 Å². The van der Waals surface area contributed by atoms with Gasteiger partial charge in [-0.05, 0) is 19.4 Å². The molecule has 0 radical (unpaired) electrons. The molecule has 1 unspecified atom stereocenters. The van der Waals surface area contributed by atoms with Crippen LogP contribution in [0, 0.1) is 0 Å². The summed E-state index contributed by atoms with van der Waals surface area (Å²) in [5.41, 5.74) is 3.57. The van der Waals surface area contributed by atoms with E-state index in [2.05, 4.69) is 10.5 Å². The summed E-state index contributed by atoms with van der Waals surface area (Å²) in [6, 6.07) is 1.70. The first kappa shape index (κ1) is 14.0. The molecule has 0 spiro atoms. The van der Waals surface area contributed by atoms with Gasteiger partial charge in [-0.15, -0.1) is 0 Å². The lowest BCUT2D eigenvalue weighted by Gasteiger charge is -2.17. The fourth-order valence-corrected chi connectivity index (χ4v) is 1.59. The van der Waals surface area contributed by atoms with Crippen molar-refractivity contribution in [3.63, 3.8) is 0 Å². The number of halogens is 2. The lowest BCUT2D eigenvalue weighted by Crippen LogP contribution is -2.31. The number of nitrogens with two attached hydrogens (primary N) is 1. The smallest absolute Gasteiger partial charge is 0.261 e. The molecule has 0 aliphatic heterocycles. The molecule has 1 aromatic rings. The van der Waals surface area contributed by atoms with E-state index in [1.807, 2.05) is 13.0 Å². The van der Waals surface area contributed by atoms with Gasteiger partial charge in [-0.2, -0.15) is 5.10 Å². The average Bonchev–Trinajstić information content (AvgIpc) is 2.77. The normalized spacial score (nSPS) is 13.2. The van der Waals surface area contributed by atoms with Gasteiger partial charge < -0.3 is 4.74 Å². The SMILES string of the molecule is CCn1nccc1C(CCOCC(F)F)NN. The molecule has 0 fully saturated rings. The Labute approximate surface area is 98.9 Å². The Kier molecular flexibility index (Phi) is 6.03. The van der Waals surface area contributed by atoms with Crippen molar-refractivity contribution in [3.05, 3.63) is 18.0 Å². The number of rotatable bonds is 8. The number of hydrazine groups is 1. The molecule has 0 saturated heterocycles. The number of alkyl halides is 2. The minimum Gasteiger partial charge on any atom is -0.375 e. The van der Waals surface area contributed by atoms with Crippen LogP contribution in [-0.4, -0.2) is 29.4 Å². The largest absolute Gasteiger partial charge is 0.375 e. The number of hydrogen-bond donors (Lipinski definition) is 2. The van der Waals surface area contributed by atoms with Gasteiger partial charge in [-0.1, -0.05) is 0 Å². The highest BCUT2D eigenvalue weighted by Crippen LogP contribution is 2.15. The fourth-order valence-electron chi connectivity index (χ4n) is 1.59. The van der Waals surface area contributed by atoms with Gasteiger partial charge in [0.05, 0.1) is 11.7 Å². The minimum absolute atomic E-state index is 0.143. The van der Waals surface area contributed by atoms with Crippen LogP contribution in [0.5, 0.6) is 0 Å². The predicted molar refractivity (Wildman–Crippen MR) is 59.4 cm³/mol. The van der Waals surface area contributed by atoms with Gasteiger partial charge in [0.15, 0.2) is 0 Å². The lowest BCUT2D eigenvalue weighted by atomic mass is 10.1. The molecule has 0 amide bonds. The quantitative estimate of drug-likeness (QED) is 0.410. The van der Waals surface area contributed by atoms with Crippen molar-refractivity contribution in [1.29, 1.82) is 0 Å². The maximum Gasteiger partial charge on any atom is 0.261 e. The van der Waals surface area contributed by atoms with E-state index in [0.29, 0.717) is 6.42 Å². The second kappa shape index (κ2) is 7.31. The van der Waals surface area contributed by atoms with Crippen molar-refractivity contribution in [2.75, 3.05) is 13.2 Å². The first-order valence-corrected chi connectivity index (χ1v) is 5.52. The Morgan fingerprint density at radius 1 is 1.59 bits per heavy atom. The van der Waals surface area contributed by atoms with Crippen LogP contribution in [0.3, 0.4) is 0 Å². The molecule has 0 saturated carbocycles. The van der Waals surface area contributed by atoms with Crippen molar-refractivity contribution >= 4 is 0 Å². The van der Waals surface area contributed by atoms with Crippen molar-refractivity contribution in [2.24, 2.45) is 5.84 Å². The molecule has 0 aromatic carbocycles. The van der Waals surface area contributed by atoms with E-state index in [1.54, 1.807) is 10.9 Å². The molecule has 1 rings (SSSR count). The van der Waals surface area contributed by atoms with Crippen molar-refractivity contribution in [1.82, 2.24) is 15.2 Å². The summed E-state index contributed by atoms with van der Waals surface area (Å²) in [4.78, 5) is 0. The molecule has 7 heteroatoms. The summed E-state index contributed by atoms with van der Waals surface area (Å²) in [5.74, 6) is 5.43. The molecule has 0 bridgehead atoms. The molecule has 17 heavy (non-hydrogen) atoms. The van der Waals surface area contributed by atoms with E-state index in [9.17, 15) is 8.78 Å². The van der Waals surface area contributed by atoms with Crippen LogP contribution in [0.1, 0.15) is 25.1 Å². The molecule has 3 N–H and O–H groups in total. The van der Waals surface area contributed by atoms with Crippen LogP contribution in [0.4, 0.5) is 8.78 Å². The van der Waals surface area contributed by atoms with Gasteiger partial charge in [-0.3, -0.25) is 16.0 Å². The monoisotopic (exact) mass is 248 g/mol. The van der Waals surface area contributed by atoms with Gasteiger partial charge in [-0.25, -0.2) is 8.78 Å². The predicted octanol–water partition coefficient (Wildman–Crippen LogP) is 1.08. The van der Waals surface area contributed by atoms with Crippen molar-refractivity contribution < 1.29 is 13.5 Å². The summed E-state index contributed by atoms with van der Waals surface area (Å²) in [6.07, 6.45) is -0.224. The Morgan fingerprint density at radius 3 is 2.94 bits per heavy atom. The Hall–Kier alpha value is -1.05. The van der Waals surface area contributed by atoms with E-state index in [0.717, 1.165) is 12.2 Å². The summed E-state index contributed by atoms with van der Waals surface area (Å²) in [6.45, 7) is 2.40. The summed E-state index contributed by atoms with van der Waals surface area (Å²) >= 11 is 0. The molecule has 98 valence electrons. The third-order valence-electron chi connectivity index (χ3n) is 2.40. The number of nitrogens with zero attached hydrogens (tertiary/aromatic N) is 2. The Balaban J connectivity index is 2.43. The third-order valence-corrected chi connectivity index (χ3v) is 2.40. The molecule has 1 heterocycles. The topological polar surface area (TPSA) is 65.1 Å². The average molecular weight is 248 g/mol. The molecular weight excluding hydrogens is 230 g/mol. The lowest BCUT2D eigenvalue weighted by molar-refractivity contribution is 0.0141. The number of nitrogens with one attached hydrogen (secondary N) is 1. The van der Waals surface area contributed by atoms with Gasteiger partial charge in [0, 0.05) is 19.3 Å². The maximum absolute atomic E-state index is 11.9. The maximum atomic E-state index is 11.9. The van der Waals surface area contributed by atoms with E-state index in [1.165, 1.54) is 0 Å². The second-order valence-corrected chi connectivity index (χ2v) is 3.55. The van der Waals surface area contributed by atoms with E-state index < -0.39 is 13.0 Å². The Morgan fingerprint density at radius 2 is 2.35 bits per heavy atom. The summed E-state index contributed by atoms with van der Waals surface area (Å²) in [5, 5.41) is 4.12. The first-order valence-electron chi connectivity index (χ1n) is 5.52. The number of ether oxygens (including phenoxy) is 1. The van der Waals surface area contributed by atoms with E-state index >= 15 is 0 Å².